The van der Waals surface area contributed by atoms with Crippen molar-refractivity contribution in [2.45, 2.75) is 25.4 Å². The van der Waals surface area contributed by atoms with Crippen molar-refractivity contribution in [1.82, 2.24) is 0 Å². The smallest absolute Gasteiger partial charge is 0.402 e. The lowest BCUT2D eigenvalue weighted by molar-refractivity contribution is -0.137. The first kappa shape index (κ1) is 21.0. The van der Waals surface area contributed by atoms with Gasteiger partial charge in [0.05, 0.1) is 13.8 Å². The van der Waals surface area contributed by atoms with Crippen LogP contribution in [0.25, 0.3) is 0 Å². The summed E-state index contributed by atoms with van der Waals surface area (Å²) in [5.74, 6) is -2.85. The molecule has 7 nitrogen and oxygen atoms in total. The van der Waals surface area contributed by atoms with Crippen molar-refractivity contribution >= 4 is 29.9 Å². The van der Waals surface area contributed by atoms with Crippen LogP contribution in [0.3, 0.4) is 0 Å². The quantitative estimate of drug-likeness (QED) is 0.333. The number of rotatable bonds is 7. The summed E-state index contributed by atoms with van der Waals surface area (Å²) in [7, 11) is -0.295. The molecule has 0 aliphatic heterocycles. The zero-order valence-corrected chi connectivity index (χ0v) is 14.2. The van der Waals surface area contributed by atoms with Gasteiger partial charge in [-0.2, -0.15) is 17.2 Å². The largest absolute Gasteiger partial charge is 0.454 e. The van der Waals surface area contributed by atoms with Gasteiger partial charge in [0.25, 0.3) is 0 Å². The van der Waals surface area contributed by atoms with Gasteiger partial charge in [0.1, 0.15) is 11.3 Å². The number of hydrogen-bond acceptors (Lipinski definition) is 6. The third-order valence-corrected chi connectivity index (χ3v) is 3.80. The van der Waals surface area contributed by atoms with Crippen molar-refractivity contribution in [3.8, 4) is 5.75 Å². The van der Waals surface area contributed by atoms with Gasteiger partial charge in [0, 0.05) is 0 Å². The van der Waals surface area contributed by atoms with Crippen molar-refractivity contribution in [2.24, 2.45) is 5.92 Å². The van der Waals surface area contributed by atoms with Gasteiger partial charge in [-0.25, -0.2) is 4.79 Å². The summed E-state index contributed by atoms with van der Waals surface area (Å²) in [6.45, 7) is 1.18. The van der Waals surface area contributed by atoms with E-state index in [0.717, 1.165) is 6.07 Å². The van der Waals surface area contributed by atoms with Crippen LogP contribution < -0.4 is 4.74 Å². The highest BCUT2D eigenvalue weighted by Crippen LogP contribution is 2.25. The summed E-state index contributed by atoms with van der Waals surface area (Å²) in [6.07, 6.45) is 0.0579. The van der Waals surface area contributed by atoms with E-state index in [-0.39, 0.29) is 17.6 Å². The van der Waals surface area contributed by atoms with E-state index >= 15 is 0 Å². The SMILES string of the molecule is [B]Cc1ccc(C(=O)OCC(F)(F)S(=O)(=O)O)c(OC(=O)C(C)C)c1. The van der Waals surface area contributed by atoms with Gasteiger partial charge < -0.3 is 9.47 Å². The molecular formula is C14H15BF2O7S. The Balaban J connectivity index is 3.06. The zero-order chi connectivity index (χ0) is 19.4. The molecule has 0 unspecified atom stereocenters. The van der Waals surface area contributed by atoms with Gasteiger partial charge in [-0.05, 0) is 12.1 Å². The number of halogens is 2. The van der Waals surface area contributed by atoms with E-state index in [1.165, 1.54) is 12.1 Å². The molecule has 1 N–H and O–H groups in total. The lowest BCUT2D eigenvalue weighted by atomic mass is 9.96. The van der Waals surface area contributed by atoms with Crippen LogP contribution in [-0.4, -0.2) is 44.6 Å². The maximum atomic E-state index is 13.1. The van der Waals surface area contributed by atoms with Crippen LogP contribution in [0.5, 0.6) is 5.75 Å². The molecule has 2 radical (unpaired) electrons. The van der Waals surface area contributed by atoms with Gasteiger partial charge in [0.2, 0.25) is 0 Å². The molecule has 0 amide bonds. The highest BCUT2D eigenvalue weighted by atomic mass is 32.2. The van der Waals surface area contributed by atoms with E-state index in [0.29, 0.717) is 5.56 Å². The molecular weight excluding hydrogens is 361 g/mol. The second kappa shape index (κ2) is 7.92. The molecule has 0 aliphatic rings. The molecule has 0 saturated heterocycles. The van der Waals surface area contributed by atoms with E-state index in [4.69, 9.17) is 17.1 Å². The topological polar surface area (TPSA) is 107 Å². The Labute approximate surface area is 144 Å². The Kier molecular flexibility index (Phi) is 6.66. The first-order chi connectivity index (χ1) is 11.4. The molecule has 1 rings (SSSR count). The fourth-order valence-corrected chi connectivity index (χ4v) is 1.68. The van der Waals surface area contributed by atoms with Crippen LogP contribution in [0.4, 0.5) is 8.78 Å². The average molecular weight is 376 g/mol. The summed E-state index contributed by atoms with van der Waals surface area (Å²) < 4.78 is 64.9. The van der Waals surface area contributed by atoms with Crippen molar-refractivity contribution in [2.75, 3.05) is 6.61 Å². The summed E-state index contributed by atoms with van der Waals surface area (Å²) in [5, 5.41) is -4.67. The molecule has 0 aliphatic carbocycles. The molecule has 0 heterocycles. The van der Waals surface area contributed by atoms with Gasteiger partial charge >= 0.3 is 27.3 Å². The number of ether oxygens (including phenoxy) is 2. The van der Waals surface area contributed by atoms with Crippen molar-refractivity contribution in [3.05, 3.63) is 29.3 Å². The van der Waals surface area contributed by atoms with E-state index in [1.807, 2.05) is 0 Å². The zero-order valence-electron chi connectivity index (χ0n) is 13.4. The molecule has 11 heteroatoms. The van der Waals surface area contributed by atoms with Crippen LogP contribution >= 0.6 is 0 Å². The predicted molar refractivity (Wildman–Crippen MR) is 83.2 cm³/mol. The van der Waals surface area contributed by atoms with Gasteiger partial charge in [-0.3, -0.25) is 9.35 Å². The summed E-state index contributed by atoms with van der Waals surface area (Å²) in [5.41, 5.74) is 0.115. The Bertz CT molecular complexity index is 762. The molecule has 25 heavy (non-hydrogen) atoms. The Morgan fingerprint density at radius 1 is 1.32 bits per heavy atom. The van der Waals surface area contributed by atoms with Gasteiger partial charge in [0.15, 0.2) is 6.61 Å². The number of hydrogen-bond donors (Lipinski definition) is 1. The van der Waals surface area contributed by atoms with Crippen LogP contribution in [-0.2, 0) is 26.0 Å². The van der Waals surface area contributed by atoms with Gasteiger partial charge in [-0.15, -0.1) is 0 Å². The van der Waals surface area contributed by atoms with Crippen molar-refractivity contribution in [1.29, 1.82) is 0 Å². The molecule has 0 bridgehead atoms. The fraction of sp³-hybridized carbons (Fsp3) is 0.429. The lowest BCUT2D eigenvalue weighted by Gasteiger charge is -2.15. The second-order valence-electron chi connectivity index (χ2n) is 5.30. The van der Waals surface area contributed by atoms with Crippen LogP contribution in [0.2, 0.25) is 0 Å². The van der Waals surface area contributed by atoms with E-state index in [1.54, 1.807) is 13.8 Å². The van der Waals surface area contributed by atoms with E-state index < -0.39 is 39.8 Å². The Morgan fingerprint density at radius 3 is 2.40 bits per heavy atom. The highest BCUT2D eigenvalue weighted by molar-refractivity contribution is 7.86. The third-order valence-electron chi connectivity index (χ3n) is 2.93. The first-order valence-corrected chi connectivity index (χ1v) is 8.39. The minimum atomic E-state index is -5.74. The van der Waals surface area contributed by atoms with Crippen LogP contribution in [0.1, 0.15) is 29.8 Å². The Hall–Kier alpha value is -2.01. The minimum Gasteiger partial charge on any atom is -0.454 e. The molecule has 1 aromatic carbocycles. The summed E-state index contributed by atoms with van der Waals surface area (Å²) >= 11 is 0. The average Bonchev–Trinajstić information content (AvgIpc) is 2.51. The lowest BCUT2D eigenvalue weighted by Crippen LogP contribution is -2.34. The van der Waals surface area contributed by atoms with Crippen LogP contribution in [0.15, 0.2) is 18.2 Å². The molecule has 0 fully saturated rings. The summed E-state index contributed by atoms with van der Waals surface area (Å²) in [6, 6.07) is 3.78. The number of alkyl halides is 2. The monoisotopic (exact) mass is 376 g/mol. The first-order valence-electron chi connectivity index (χ1n) is 6.95. The highest BCUT2D eigenvalue weighted by Gasteiger charge is 2.45. The molecule has 0 aromatic heterocycles. The second-order valence-corrected chi connectivity index (χ2v) is 6.85. The fourth-order valence-electron chi connectivity index (χ4n) is 1.47. The number of carbonyl (C=O) groups excluding carboxylic acids is 2. The minimum absolute atomic E-state index is 0.0579. The molecule has 1 aromatic rings. The number of carbonyl (C=O) groups is 2. The third kappa shape index (κ3) is 5.50. The predicted octanol–water partition coefficient (Wildman–Crippen LogP) is 1.55. The number of esters is 2. The molecule has 0 spiro atoms. The van der Waals surface area contributed by atoms with Crippen LogP contribution in [0, 0.1) is 5.92 Å². The maximum absolute atomic E-state index is 13.1. The van der Waals surface area contributed by atoms with Gasteiger partial charge in [-0.1, -0.05) is 31.8 Å². The standard InChI is InChI=1S/C14H15BF2O7S/c1-8(2)12(18)24-11-5-9(6-15)3-4-10(11)13(19)23-7-14(16,17)25(20,21)22/h3-5,8H,6-7H2,1-2H3,(H,20,21,22). The molecule has 136 valence electrons. The van der Waals surface area contributed by atoms with E-state index in [9.17, 15) is 26.8 Å². The van der Waals surface area contributed by atoms with E-state index in [2.05, 4.69) is 4.74 Å². The Morgan fingerprint density at radius 2 is 1.92 bits per heavy atom. The molecule has 0 saturated carbocycles. The van der Waals surface area contributed by atoms with Crippen molar-refractivity contribution < 1.29 is 40.8 Å². The maximum Gasteiger partial charge on any atom is 0.402 e. The molecule has 0 atom stereocenters. The number of benzene rings is 1. The summed E-state index contributed by atoms with van der Waals surface area (Å²) in [4.78, 5) is 23.6. The van der Waals surface area contributed by atoms with Crippen molar-refractivity contribution in [3.63, 3.8) is 0 Å². The normalized spacial score (nSPS) is 12.1.